The number of rotatable bonds is 3. The van der Waals surface area contributed by atoms with Crippen LogP contribution < -0.4 is 5.73 Å². The third-order valence-electron chi connectivity index (χ3n) is 3.82. The predicted molar refractivity (Wildman–Crippen MR) is 85.9 cm³/mol. The standard InChI is InChI=1S/C18H17N3O3/c1-4-23-18(22)15-11(3)24-17(21)14(9-20)16(15)13-7-12(8-19)6-5-10(13)2/h5-7,16H,4,21H2,1-3H3. The van der Waals surface area contributed by atoms with Gasteiger partial charge < -0.3 is 15.2 Å². The summed E-state index contributed by atoms with van der Waals surface area (Å²) in [5.41, 5.74) is 8.11. The minimum atomic E-state index is -0.726. The van der Waals surface area contributed by atoms with Gasteiger partial charge in [0.2, 0.25) is 5.88 Å². The van der Waals surface area contributed by atoms with E-state index in [1.54, 1.807) is 32.0 Å². The monoisotopic (exact) mass is 323 g/mol. The molecule has 0 bridgehead atoms. The molecule has 1 aromatic rings. The maximum Gasteiger partial charge on any atom is 0.338 e. The van der Waals surface area contributed by atoms with Crippen LogP contribution >= 0.6 is 0 Å². The Hall–Kier alpha value is -3.25. The van der Waals surface area contributed by atoms with Crippen LogP contribution in [0.15, 0.2) is 41.0 Å². The van der Waals surface area contributed by atoms with Gasteiger partial charge in [0.05, 0.1) is 29.7 Å². The Balaban J connectivity index is 2.72. The molecule has 6 nitrogen and oxygen atoms in total. The molecule has 0 amide bonds. The summed E-state index contributed by atoms with van der Waals surface area (Å²) in [5.74, 6) is -1.05. The van der Waals surface area contributed by atoms with Crippen LogP contribution in [0, 0.1) is 29.6 Å². The van der Waals surface area contributed by atoms with Gasteiger partial charge in [-0.25, -0.2) is 4.79 Å². The van der Waals surface area contributed by atoms with Crippen LogP contribution in [-0.4, -0.2) is 12.6 Å². The molecule has 0 spiro atoms. The Morgan fingerprint density at radius 2 is 2.04 bits per heavy atom. The molecule has 0 fully saturated rings. The van der Waals surface area contributed by atoms with Crippen molar-refractivity contribution in [2.75, 3.05) is 6.61 Å². The number of hydrogen-bond donors (Lipinski definition) is 1. The van der Waals surface area contributed by atoms with E-state index in [0.29, 0.717) is 11.1 Å². The first-order chi connectivity index (χ1) is 11.4. The molecule has 1 atom stereocenters. The predicted octanol–water partition coefficient (Wildman–Crippen LogP) is 2.51. The molecule has 0 saturated heterocycles. The largest absolute Gasteiger partial charge is 0.463 e. The molecule has 1 heterocycles. The third-order valence-corrected chi connectivity index (χ3v) is 3.82. The van der Waals surface area contributed by atoms with E-state index in [1.165, 1.54) is 0 Å². The van der Waals surface area contributed by atoms with E-state index in [1.807, 2.05) is 13.0 Å². The number of aryl methyl sites for hydroxylation is 1. The molecule has 0 radical (unpaired) electrons. The highest BCUT2D eigenvalue weighted by Crippen LogP contribution is 2.40. The normalized spacial score (nSPS) is 17.0. The number of hydrogen-bond acceptors (Lipinski definition) is 6. The number of allylic oxidation sites excluding steroid dienone is 2. The van der Waals surface area contributed by atoms with Crippen LogP contribution in [-0.2, 0) is 14.3 Å². The van der Waals surface area contributed by atoms with E-state index in [-0.39, 0.29) is 29.4 Å². The molecule has 0 saturated carbocycles. The van der Waals surface area contributed by atoms with Crippen molar-refractivity contribution in [3.8, 4) is 12.1 Å². The first-order valence-corrected chi connectivity index (χ1v) is 7.40. The van der Waals surface area contributed by atoms with Crippen molar-refractivity contribution in [2.24, 2.45) is 5.73 Å². The Morgan fingerprint density at radius 1 is 1.33 bits per heavy atom. The number of nitriles is 2. The second-order valence-electron chi connectivity index (χ2n) is 5.30. The van der Waals surface area contributed by atoms with Crippen LogP contribution in [0.1, 0.15) is 36.5 Å². The summed E-state index contributed by atoms with van der Waals surface area (Å²) >= 11 is 0. The van der Waals surface area contributed by atoms with E-state index < -0.39 is 11.9 Å². The van der Waals surface area contributed by atoms with Crippen molar-refractivity contribution in [3.63, 3.8) is 0 Å². The summed E-state index contributed by atoms with van der Waals surface area (Å²) in [4.78, 5) is 12.4. The zero-order valence-electron chi connectivity index (χ0n) is 13.7. The maximum atomic E-state index is 12.4. The van der Waals surface area contributed by atoms with Gasteiger partial charge in [0.1, 0.15) is 17.4 Å². The van der Waals surface area contributed by atoms with E-state index >= 15 is 0 Å². The lowest BCUT2D eigenvalue weighted by molar-refractivity contribution is -0.139. The Morgan fingerprint density at radius 3 is 2.62 bits per heavy atom. The summed E-state index contributed by atoms with van der Waals surface area (Å²) < 4.78 is 10.5. The maximum absolute atomic E-state index is 12.4. The van der Waals surface area contributed by atoms with Crippen LogP contribution in [0.25, 0.3) is 0 Å². The molecule has 24 heavy (non-hydrogen) atoms. The van der Waals surface area contributed by atoms with Gasteiger partial charge in [-0.1, -0.05) is 6.07 Å². The highest BCUT2D eigenvalue weighted by molar-refractivity contribution is 5.92. The molecule has 1 aromatic carbocycles. The third kappa shape index (κ3) is 2.95. The fraction of sp³-hybridized carbons (Fsp3) is 0.278. The molecule has 2 rings (SSSR count). The van der Waals surface area contributed by atoms with Gasteiger partial charge in [-0.3, -0.25) is 0 Å². The minimum absolute atomic E-state index is 0.0465. The van der Waals surface area contributed by atoms with Gasteiger partial charge in [-0.05, 0) is 44.0 Å². The van der Waals surface area contributed by atoms with Crippen LogP contribution in [0.3, 0.4) is 0 Å². The Labute approximate surface area is 140 Å². The molecule has 1 aliphatic rings. The van der Waals surface area contributed by atoms with Gasteiger partial charge in [0.15, 0.2) is 0 Å². The van der Waals surface area contributed by atoms with Gasteiger partial charge in [0, 0.05) is 0 Å². The number of carbonyl (C=O) groups is 1. The summed E-state index contributed by atoms with van der Waals surface area (Å²) in [7, 11) is 0. The number of ether oxygens (including phenoxy) is 2. The Kier molecular flexibility index (Phi) is 4.91. The number of benzene rings is 1. The lowest BCUT2D eigenvalue weighted by atomic mass is 9.80. The van der Waals surface area contributed by atoms with E-state index in [4.69, 9.17) is 20.5 Å². The number of esters is 1. The summed E-state index contributed by atoms with van der Waals surface area (Å²) in [6.45, 7) is 5.34. The quantitative estimate of drug-likeness (QED) is 0.856. The molecule has 2 N–H and O–H groups in total. The smallest absolute Gasteiger partial charge is 0.338 e. The molecule has 1 aliphatic heterocycles. The molecule has 6 heteroatoms. The van der Waals surface area contributed by atoms with Gasteiger partial charge >= 0.3 is 5.97 Å². The van der Waals surface area contributed by atoms with Crippen molar-refractivity contribution < 1.29 is 14.3 Å². The van der Waals surface area contributed by atoms with Gasteiger partial charge in [-0.2, -0.15) is 10.5 Å². The SMILES string of the molecule is CCOC(=O)C1=C(C)OC(N)=C(C#N)C1c1cc(C#N)ccc1C. The van der Waals surface area contributed by atoms with Crippen LogP contribution in [0.5, 0.6) is 0 Å². The van der Waals surface area contributed by atoms with Gasteiger partial charge in [0.25, 0.3) is 0 Å². The molecule has 122 valence electrons. The summed E-state index contributed by atoms with van der Waals surface area (Å²) in [6.07, 6.45) is 0. The molecule has 0 aliphatic carbocycles. The van der Waals surface area contributed by atoms with Gasteiger partial charge in [-0.15, -0.1) is 0 Å². The zero-order valence-corrected chi connectivity index (χ0v) is 13.7. The van der Waals surface area contributed by atoms with Crippen LogP contribution in [0.4, 0.5) is 0 Å². The van der Waals surface area contributed by atoms with E-state index in [0.717, 1.165) is 5.56 Å². The molecule has 0 aromatic heterocycles. The summed E-state index contributed by atoms with van der Waals surface area (Å²) in [5, 5.41) is 18.7. The van der Waals surface area contributed by atoms with Crippen molar-refractivity contribution in [1.29, 1.82) is 10.5 Å². The van der Waals surface area contributed by atoms with Crippen molar-refractivity contribution in [1.82, 2.24) is 0 Å². The highest BCUT2D eigenvalue weighted by atomic mass is 16.5. The topological polar surface area (TPSA) is 109 Å². The zero-order chi connectivity index (χ0) is 17.9. The fourth-order valence-electron chi connectivity index (χ4n) is 2.69. The average Bonchev–Trinajstić information content (AvgIpc) is 2.55. The first-order valence-electron chi connectivity index (χ1n) is 7.40. The average molecular weight is 323 g/mol. The molecular weight excluding hydrogens is 306 g/mol. The number of nitrogens with zero attached hydrogens (tertiary/aromatic N) is 2. The Bertz CT molecular complexity index is 838. The highest BCUT2D eigenvalue weighted by Gasteiger charge is 2.37. The lowest BCUT2D eigenvalue weighted by Crippen LogP contribution is -2.26. The van der Waals surface area contributed by atoms with E-state index in [2.05, 4.69) is 6.07 Å². The molecular formula is C18H17N3O3. The van der Waals surface area contributed by atoms with Crippen LogP contribution in [0.2, 0.25) is 0 Å². The molecule has 1 unspecified atom stereocenters. The fourth-order valence-corrected chi connectivity index (χ4v) is 2.69. The van der Waals surface area contributed by atoms with Crippen molar-refractivity contribution in [2.45, 2.75) is 26.7 Å². The lowest BCUT2D eigenvalue weighted by Gasteiger charge is -2.27. The second-order valence-corrected chi connectivity index (χ2v) is 5.30. The summed E-state index contributed by atoms with van der Waals surface area (Å²) in [6, 6.07) is 9.19. The van der Waals surface area contributed by atoms with Crippen molar-refractivity contribution >= 4 is 5.97 Å². The van der Waals surface area contributed by atoms with Crippen molar-refractivity contribution in [3.05, 3.63) is 57.7 Å². The number of nitrogens with two attached hydrogens (primary N) is 1. The first kappa shape index (κ1) is 17.1. The minimum Gasteiger partial charge on any atom is -0.463 e. The number of carbonyl (C=O) groups excluding carboxylic acids is 1. The van der Waals surface area contributed by atoms with E-state index in [9.17, 15) is 10.1 Å². The second kappa shape index (κ2) is 6.89.